The molecule has 7 heteroatoms. The minimum absolute atomic E-state index is 0.539. The molecule has 2 aromatic carbocycles. The largest absolute Gasteiger partial charge is 0.323 e. The van der Waals surface area contributed by atoms with Crippen LogP contribution in [0.3, 0.4) is 0 Å². The fourth-order valence-electron chi connectivity index (χ4n) is 4.00. The van der Waals surface area contributed by atoms with Crippen molar-refractivity contribution in [3.63, 3.8) is 0 Å². The summed E-state index contributed by atoms with van der Waals surface area (Å²) in [5, 5.41) is 14.4. The van der Waals surface area contributed by atoms with Crippen LogP contribution in [0, 0.1) is 6.92 Å². The molecule has 1 N–H and O–H groups in total. The second-order valence-electron chi connectivity index (χ2n) is 7.66. The predicted molar refractivity (Wildman–Crippen MR) is 120 cm³/mol. The summed E-state index contributed by atoms with van der Waals surface area (Å²) in [5.41, 5.74) is 7.72. The zero-order valence-corrected chi connectivity index (χ0v) is 17.6. The summed E-state index contributed by atoms with van der Waals surface area (Å²) >= 11 is 0. The average Bonchev–Trinajstić information content (AvgIpc) is 3.45. The Bertz CT molecular complexity index is 1320. The Morgan fingerprint density at radius 1 is 1.00 bits per heavy atom. The number of pyridine rings is 1. The number of aromatic amines is 1. The van der Waals surface area contributed by atoms with Crippen molar-refractivity contribution in [3.05, 3.63) is 77.9 Å². The van der Waals surface area contributed by atoms with E-state index in [1.54, 1.807) is 12.4 Å². The van der Waals surface area contributed by atoms with Gasteiger partial charge in [0.2, 0.25) is 5.82 Å². The van der Waals surface area contributed by atoms with Crippen molar-refractivity contribution >= 4 is 11.0 Å². The molecule has 0 aliphatic carbocycles. The topological polar surface area (TPSA) is 85.2 Å². The Morgan fingerprint density at radius 2 is 1.87 bits per heavy atom. The van der Waals surface area contributed by atoms with E-state index < -0.39 is 0 Å². The van der Waals surface area contributed by atoms with E-state index in [0.717, 1.165) is 47.4 Å². The Morgan fingerprint density at radius 3 is 2.65 bits per heavy atom. The predicted octanol–water partition coefficient (Wildman–Crippen LogP) is 4.59. The summed E-state index contributed by atoms with van der Waals surface area (Å²) in [5.74, 6) is 1.68. The van der Waals surface area contributed by atoms with Crippen molar-refractivity contribution in [2.24, 2.45) is 0 Å². The number of aryl methyl sites for hydroxylation is 2. The lowest BCUT2D eigenvalue weighted by molar-refractivity contribution is 0.722. The van der Waals surface area contributed by atoms with Crippen LogP contribution < -0.4 is 0 Å². The van der Waals surface area contributed by atoms with Crippen molar-refractivity contribution in [3.8, 4) is 22.5 Å². The third kappa shape index (κ3) is 3.59. The molecular weight excluding hydrogens is 386 g/mol. The molecule has 0 amide bonds. The molecule has 0 saturated heterocycles. The maximum Gasteiger partial charge on any atom is 0.206 e. The van der Waals surface area contributed by atoms with E-state index in [2.05, 4.69) is 86.5 Å². The maximum atomic E-state index is 4.94. The molecule has 0 spiro atoms. The number of nitrogens with zero attached hydrogens (tertiary/aromatic N) is 6. The quantitative estimate of drug-likeness (QED) is 0.443. The number of H-pyrrole nitrogens is 1. The number of hydrogen-bond acceptors (Lipinski definition) is 5. The van der Waals surface area contributed by atoms with Crippen LogP contribution in [0.5, 0.6) is 0 Å². The Labute approximate surface area is 180 Å². The first-order chi connectivity index (χ1) is 15.2. The standard InChI is InChI=1S/C24H23N7/c1-3-5-22-26-23-16(2)6-4-7-21(23)31(22)15-17-8-10-18(11-9-17)19-12-13-25-14-20(19)24-27-29-30-28-24/h4,6-14H,3,5,15H2,1-2H3,(H,27,28,29,30). The molecule has 31 heavy (non-hydrogen) atoms. The van der Waals surface area contributed by atoms with Gasteiger partial charge in [0.25, 0.3) is 0 Å². The molecular formula is C24H23N7. The summed E-state index contributed by atoms with van der Waals surface area (Å²) in [7, 11) is 0. The summed E-state index contributed by atoms with van der Waals surface area (Å²) in [4.78, 5) is 9.16. The lowest BCUT2D eigenvalue weighted by atomic mass is 10.00. The van der Waals surface area contributed by atoms with Crippen LogP contribution in [0.4, 0.5) is 0 Å². The van der Waals surface area contributed by atoms with Crippen molar-refractivity contribution in [2.75, 3.05) is 0 Å². The fourth-order valence-corrected chi connectivity index (χ4v) is 4.00. The maximum absolute atomic E-state index is 4.94. The van der Waals surface area contributed by atoms with Gasteiger partial charge in [-0.2, -0.15) is 5.21 Å². The zero-order chi connectivity index (χ0) is 21.2. The number of para-hydroxylation sites is 1. The monoisotopic (exact) mass is 409 g/mol. The van der Waals surface area contributed by atoms with Gasteiger partial charge >= 0.3 is 0 Å². The molecule has 0 fully saturated rings. The molecule has 0 aliphatic heterocycles. The Kier molecular flexibility index (Phi) is 5.00. The highest BCUT2D eigenvalue weighted by Gasteiger charge is 2.14. The van der Waals surface area contributed by atoms with Gasteiger partial charge in [0.15, 0.2) is 0 Å². The normalized spacial score (nSPS) is 11.3. The van der Waals surface area contributed by atoms with Crippen LogP contribution in [0.25, 0.3) is 33.5 Å². The molecule has 7 nitrogen and oxygen atoms in total. The van der Waals surface area contributed by atoms with Crippen LogP contribution in [-0.4, -0.2) is 35.2 Å². The number of imidazole rings is 1. The van der Waals surface area contributed by atoms with E-state index in [0.29, 0.717) is 5.82 Å². The van der Waals surface area contributed by atoms with Crippen LogP contribution in [0.2, 0.25) is 0 Å². The lowest BCUT2D eigenvalue weighted by Crippen LogP contribution is -2.05. The van der Waals surface area contributed by atoms with E-state index in [-0.39, 0.29) is 0 Å². The molecule has 3 heterocycles. The van der Waals surface area contributed by atoms with Crippen molar-refractivity contribution < 1.29 is 0 Å². The molecule has 0 unspecified atom stereocenters. The van der Waals surface area contributed by atoms with Gasteiger partial charge in [-0.05, 0) is 52.9 Å². The smallest absolute Gasteiger partial charge is 0.206 e. The van der Waals surface area contributed by atoms with Gasteiger partial charge in [0.1, 0.15) is 5.82 Å². The van der Waals surface area contributed by atoms with Crippen molar-refractivity contribution in [1.82, 2.24) is 35.2 Å². The highest BCUT2D eigenvalue weighted by atomic mass is 15.5. The van der Waals surface area contributed by atoms with Gasteiger partial charge in [-0.1, -0.05) is 43.3 Å². The van der Waals surface area contributed by atoms with Crippen molar-refractivity contribution in [2.45, 2.75) is 33.2 Å². The van der Waals surface area contributed by atoms with Gasteiger partial charge in [-0.15, -0.1) is 10.2 Å². The molecule has 0 saturated carbocycles. The number of rotatable bonds is 6. The van der Waals surface area contributed by atoms with Crippen LogP contribution in [0.1, 0.15) is 30.3 Å². The lowest BCUT2D eigenvalue weighted by Gasteiger charge is -2.11. The molecule has 5 rings (SSSR count). The van der Waals surface area contributed by atoms with Crippen LogP contribution in [0.15, 0.2) is 60.9 Å². The second kappa shape index (κ2) is 8.10. The van der Waals surface area contributed by atoms with Gasteiger partial charge in [0.05, 0.1) is 11.0 Å². The summed E-state index contributed by atoms with van der Waals surface area (Å²) in [6.07, 6.45) is 5.59. The number of fused-ring (bicyclic) bond motifs is 1. The average molecular weight is 409 g/mol. The summed E-state index contributed by atoms with van der Waals surface area (Å²) in [6, 6.07) is 17.0. The number of hydrogen-bond donors (Lipinski definition) is 1. The van der Waals surface area contributed by atoms with E-state index in [1.165, 1.54) is 16.6 Å². The number of aromatic nitrogens is 7. The number of benzene rings is 2. The van der Waals surface area contributed by atoms with Crippen LogP contribution >= 0.6 is 0 Å². The minimum atomic E-state index is 0.539. The minimum Gasteiger partial charge on any atom is -0.323 e. The number of tetrazole rings is 1. The van der Waals surface area contributed by atoms with Gasteiger partial charge in [-0.25, -0.2) is 4.98 Å². The summed E-state index contributed by atoms with van der Waals surface area (Å²) in [6.45, 7) is 5.12. The van der Waals surface area contributed by atoms with Gasteiger partial charge in [-0.3, -0.25) is 4.98 Å². The van der Waals surface area contributed by atoms with Gasteiger partial charge in [0, 0.05) is 30.9 Å². The summed E-state index contributed by atoms with van der Waals surface area (Å²) < 4.78 is 2.35. The Balaban J connectivity index is 1.49. The molecule has 0 bridgehead atoms. The zero-order valence-electron chi connectivity index (χ0n) is 17.6. The molecule has 0 atom stereocenters. The highest BCUT2D eigenvalue weighted by molar-refractivity contribution is 5.80. The van der Waals surface area contributed by atoms with Gasteiger partial charge < -0.3 is 4.57 Å². The first-order valence-electron chi connectivity index (χ1n) is 10.5. The van der Waals surface area contributed by atoms with E-state index in [4.69, 9.17) is 4.98 Å². The van der Waals surface area contributed by atoms with E-state index in [9.17, 15) is 0 Å². The SMILES string of the molecule is CCCc1nc2c(C)cccc2n1Cc1ccc(-c2ccncc2-c2nn[nH]n2)cc1. The highest BCUT2D eigenvalue weighted by Crippen LogP contribution is 2.29. The second-order valence-corrected chi connectivity index (χ2v) is 7.66. The molecule has 0 radical (unpaired) electrons. The van der Waals surface area contributed by atoms with Crippen LogP contribution in [-0.2, 0) is 13.0 Å². The Hall–Kier alpha value is -3.87. The third-order valence-electron chi connectivity index (χ3n) is 5.55. The molecule has 0 aliphatic rings. The van der Waals surface area contributed by atoms with E-state index in [1.807, 2.05) is 6.07 Å². The fraction of sp³-hybridized carbons (Fsp3) is 0.208. The molecule has 5 aromatic rings. The molecule has 3 aromatic heterocycles. The van der Waals surface area contributed by atoms with E-state index >= 15 is 0 Å². The third-order valence-corrected chi connectivity index (χ3v) is 5.55. The molecule has 154 valence electrons. The first kappa shape index (κ1) is 19.1. The number of nitrogens with one attached hydrogen (secondary N) is 1. The first-order valence-corrected chi connectivity index (χ1v) is 10.5. The van der Waals surface area contributed by atoms with Crippen molar-refractivity contribution in [1.29, 1.82) is 0 Å².